The van der Waals surface area contributed by atoms with Crippen LogP contribution in [-0.2, 0) is 21.1 Å². The van der Waals surface area contributed by atoms with Crippen molar-refractivity contribution in [2.75, 3.05) is 0 Å². The monoisotopic (exact) mass is 288 g/mol. The van der Waals surface area contributed by atoms with Crippen LogP contribution in [0.25, 0.3) is 0 Å². The molecule has 46 valence electrons. The molecule has 0 amide bonds. The first-order valence-electron chi connectivity index (χ1n) is 0.894. The first-order chi connectivity index (χ1) is 4.00. The minimum atomic E-state index is 0. The van der Waals surface area contributed by atoms with Crippen LogP contribution in [0.1, 0.15) is 0 Å². The molecule has 9 heavy (non-hydrogen) atoms. The van der Waals surface area contributed by atoms with Crippen molar-refractivity contribution in [3.8, 4) is 0 Å². The second-order valence-corrected chi connectivity index (χ2v) is 0. The van der Waals surface area contributed by atoms with Crippen LogP contribution in [0.5, 0.6) is 0 Å². The molecule has 4 nitrogen and oxygen atoms in total. The van der Waals surface area contributed by atoms with Gasteiger partial charge in [0.15, 0.2) is 0 Å². The molecule has 0 aliphatic heterocycles. The van der Waals surface area contributed by atoms with Crippen molar-refractivity contribution < 1.29 is 21.1 Å². The van der Waals surface area contributed by atoms with Crippen LogP contribution in [0, 0.1) is 47.3 Å². The van der Waals surface area contributed by atoms with Gasteiger partial charge in [-0.2, -0.15) is 0 Å². The van der Waals surface area contributed by atoms with Gasteiger partial charge in [0.1, 0.15) is 0 Å². The largest absolute Gasteiger partial charge is 0.512 e. The summed E-state index contributed by atoms with van der Waals surface area (Å²) in [6.07, 6.45) is 0. The fourth-order valence-electron chi connectivity index (χ4n) is 0. The van der Waals surface area contributed by atoms with Gasteiger partial charge in [0.05, 0.1) is 0 Å². The second kappa shape index (κ2) is 116. The third-order valence-electron chi connectivity index (χ3n) is 0. The molecule has 0 heterocycles. The molecular weight excluding hydrogens is 288 g/mol. The smallest absolute Gasteiger partial charge is 0 e. The SMILES string of the molecule is [C-]#N.[C-]#N.[C-]#N.[C-]#N.[W]. The van der Waals surface area contributed by atoms with E-state index in [2.05, 4.69) is 0 Å². The van der Waals surface area contributed by atoms with Crippen molar-refractivity contribution in [3.63, 3.8) is 0 Å². The third kappa shape index (κ3) is 78.6. The van der Waals surface area contributed by atoms with Gasteiger partial charge in [0.2, 0.25) is 0 Å². The maximum Gasteiger partial charge on any atom is 0 e. The Morgan fingerprint density at radius 3 is 0.444 bits per heavy atom. The first-order valence-corrected chi connectivity index (χ1v) is 0.894. The molecule has 0 saturated heterocycles. The Kier molecular flexibility index (Phi) is 622. The molecular formula is C4N4W-4. The van der Waals surface area contributed by atoms with Gasteiger partial charge in [-0.25, -0.2) is 0 Å². The number of hydrogen-bond donors (Lipinski definition) is 0. The van der Waals surface area contributed by atoms with E-state index >= 15 is 0 Å². The molecule has 0 aliphatic carbocycles. The van der Waals surface area contributed by atoms with Crippen LogP contribution in [0.4, 0.5) is 0 Å². The zero-order chi connectivity index (χ0) is 8.00. The van der Waals surface area contributed by atoms with E-state index in [1.807, 2.05) is 0 Å². The van der Waals surface area contributed by atoms with Crippen molar-refractivity contribution in [2.24, 2.45) is 0 Å². The zero-order valence-electron chi connectivity index (χ0n) is 4.20. The minimum absolute atomic E-state index is 0. The Morgan fingerprint density at radius 1 is 0.444 bits per heavy atom. The molecule has 0 saturated carbocycles. The number of nitrogens with zero attached hydrogens (tertiary/aromatic N) is 4. The Hall–Kier alpha value is -1.35. The van der Waals surface area contributed by atoms with Crippen LogP contribution in [0.3, 0.4) is 0 Å². The van der Waals surface area contributed by atoms with Crippen molar-refractivity contribution >= 4 is 0 Å². The van der Waals surface area contributed by atoms with E-state index in [0.29, 0.717) is 0 Å². The Balaban J connectivity index is -0.00000000762. The summed E-state index contributed by atoms with van der Waals surface area (Å²) in [4.78, 5) is 0. The van der Waals surface area contributed by atoms with Gasteiger partial charge < -0.3 is 47.3 Å². The maximum atomic E-state index is 6.25. The van der Waals surface area contributed by atoms with Crippen molar-refractivity contribution in [3.05, 3.63) is 26.3 Å². The van der Waals surface area contributed by atoms with Crippen LogP contribution in [-0.4, -0.2) is 0 Å². The van der Waals surface area contributed by atoms with Crippen molar-refractivity contribution in [1.82, 2.24) is 0 Å². The summed E-state index contributed by atoms with van der Waals surface area (Å²) in [6, 6.07) is 0. The van der Waals surface area contributed by atoms with Gasteiger partial charge in [0, 0.05) is 21.1 Å². The van der Waals surface area contributed by atoms with E-state index in [9.17, 15) is 0 Å². The fraction of sp³-hybridized carbons (Fsp3) is 0. The van der Waals surface area contributed by atoms with Gasteiger partial charge in [-0.15, -0.1) is 0 Å². The molecule has 0 aromatic heterocycles. The van der Waals surface area contributed by atoms with E-state index in [-0.39, 0.29) is 21.1 Å². The maximum absolute atomic E-state index is 6.25. The number of hydrogen-bond acceptors (Lipinski definition) is 4. The molecule has 0 bridgehead atoms. The molecule has 5 heteroatoms. The molecule has 0 atom stereocenters. The molecule has 0 aromatic rings. The average Bonchev–Trinajstić information content (AvgIpc) is 2.03. The van der Waals surface area contributed by atoms with Crippen LogP contribution >= 0.6 is 0 Å². The Morgan fingerprint density at radius 2 is 0.444 bits per heavy atom. The Labute approximate surface area is 68.8 Å². The number of rotatable bonds is 0. The van der Waals surface area contributed by atoms with E-state index in [0.717, 1.165) is 0 Å². The summed E-state index contributed by atoms with van der Waals surface area (Å²) >= 11 is 0. The molecule has 0 aliphatic rings. The molecule has 0 spiro atoms. The summed E-state index contributed by atoms with van der Waals surface area (Å²) in [5, 5.41) is 25.0. The molecule has 0 fully saturated rings. The van der Waals surface area contributed by atoms with Crippen molar-refractivity contribution in [1.29, 1.82) is 21.0 Å². The van der Waals surface area contributed by atoms with Gasteiger partial charge in [-0.1, -0.05) is 0 Å². The van der Waals surface area contributed by atoms with Gasteiger partial charge in [0.25, 0.3) is 0 Å². The van der Waals surface area contributed by atoms with Crippen LogP contribution < -0.4 is 0 Å². The molecule has 0 N–H and O–H groups in total. The summed E-state index contributed by atoms with van der Waals surface area (Å²) in [7, 11) is 0. The summed E-state index contributed by atoms with van der Waals surface area (Å²) < 4.78 is 0. The summed E-state index contributed by atoms with van der Waals surface area (Å²) in [5.41, 5.74) is 0. The Bertz CT molecular complexity index is 55.5. The quantitative estimate of drug-likeness (QED) is 0.602. The van der Waals surface area contributed by atoms with E-state index in [1.54, 1.807) is 0 Å². The molecule has 0 unspecified atom stereocenters. The fourth-order valence-corrected chi connectivity index (χ4v) is 0. The zero-order valence-corrected chi connectivity index (χ0v) is 7.13. The van der Waals surface area contributed by atoms with Crippen LogP contribution in [0.2, 0.25) is 0 Å². The predicted molar refractivity (Wildman–Crippen MR) is 19.9 cm³/mol. The topological polar surface area (TPSA) is 95.2 Å². The van der Waals surface area contributed by atoms with Gasteiger partial charge in [-0.05, 0) is 0 Å². The van der Waals surface area contributed by atoms with Gasteiger partial charge >= 0.3 is 0 Å². The standard InChI is InChI=1S/4CN.W/c4*1-2;/q4*-1;. The minimum Gasteiger partial charge on any atom is -0.512 e. The average molecular weight is 288 g/mol. The molecule has 0 rings (SSSR count). The normalized spacial score (nSPS) is 0.889. The van der Waals surface area contributed by atoms with Crippen molar-refractivity contribution in [2.45, 2.75) is 0 Å². The van der Waals surface area contributed by atoms with E-state index in [4.69, 9.17) is 47.3 Å². The van der Waals surface area contributed by atoms with Gasteiger partial charge in [-0.3, -0.25) is 0 Å². The summed E-state index contributed by atoms with van der Waals surface area (Å²) in [6.45, 7) is 19.0. The molecule has 0 aromatic carbocycles. The van der Waals surface area contributed by atoms with E-state index in [1.165, 1.54) is 0 Å². The van der Waals surface area contributed by atoms with Crippen LogP contribution in [0.15, 0.2) is 0 Å². The van der Waals surface area contributed by atoms with E-state index < -0.39 is 0 Å². The first kappa shape index (κ1) is 48.2. The molecule has 0 radical (unpaired) electrons. The second-order valence-electron chi connectivity index (χ2n) is 0. The summed E-state index contributed by atoms with van der Waals surface area (Å²) in [5.74, 6) is 0. The predicted octanol–water partition coefficient (Wildman–Crippen LogP) is 0.383. The third-order valence-corrected chi connectivity index (χ3v) is 0.